The van der Waals surface area contributed by atoms with Crippen molar-refractivity contribution in [1.29, 1.82) is 0 Å². The number of benzene rings is 2. The number of carbonyl (C=O) groups is 2. The van der Waals surface area contributed by atoms with Gasteiger partial charge < -0.3 is 14.5 Å². The highest BCUT2D eigenvalue weighted by Gasteiger charge is 2.49. The molecule has 2 heterocycles. The number of nitro benzene ring substituents is 1. The molecule has 162 valence electrons. The topological polar surface area (TPSA) is 127 Å². The summed E-state index contributed by atoms with van der Waals surface area (Å²) in [7, 11) is 1.54. The highest BCUT2D eigenvalue weighted by atomic mass is 16.6. The van der Waals surface area contributed by atoms with E-state index >= 15 is 0 Å². The molecule has 1 fully saturated rings. The Kier molecular flexibility index (Phi) is 5.19. The van der Waals surface area contributed by atoms with E-state index in [1.54, 1.807) is 55.5 Å². The number of non-ortho nitro benzene ring substituents is 1. The minimum atomic E-state index is -1.27. The summed E-state index contributed by atoms with van der Waals surface area (Å²) >= 11 is 0. The molecule has 1 unspecified atom stereocenters. The first-order valence-corrected chi connectivity index (χ1v) is 9.52. The predicted molar refractivity (Wildman–Crippen MR) is 114 cm³/mol. The fourth-order valence-electron chi connectivity index (χ4n) is 3.29. The van der Waals surface area contributed by atoms with E-state index in [2.05, 4.69) is 10.4 Å². The molecule has 1 N–H and O–H groups in total. The summed E-state index contributed by atoms with van der Waals surface area (Å²) < 4.78 is 10.8. The molecule has 0 saturated carbocycles. The van der Waals surface area contributed by atoms with E-state index < -0.39 is 22.4 Å². The molecule has 0 bridgehead atoms. The lowest BCUT2D eigenvalue weighted by atomic mass is 9.92. The Morgan fingerprint density at radius 1 is 1.09 bits per heavy atom. The van der Waals surface area contributed by atoms with Crippen molar-refractivity contribution in [2.75, 3.05) is 7.11 Å². The van der Waals surface area contributed by atoms with Crippen LogP contribution in [0.3, 0.4) is 0 Å². The molecule has 3 aromatic rings. The van der Waals surface area contributed by atoms with Gasteiger partial charge >= 0.3 is 6.03 Å². The smallest absolute Gasteiger partial charge is 0.346 e. The zero-order chi connectivity index (χ0) is 22.9. The molecule has 2 aromatic carbocycles. The van der Waals surface area contributed by atoms with Crippen LogP contribution < -0.4 is 10.1 Å². The van der Waals surface area contributed by atoms with E-state index in [0.29, 0.717) is 28.4 Å². The number of nitrogens with one attached hydrogen (secondary N) is 1. The number of imide groups is 1. The number of hydrogen-bond acceptors (Lipinski definition) is 7. The van der Waals surface area contributed by atoms with Gasteiger partial charge in [0.25, 0.3) is 11.6 Å². The molecule has 1 aliphatic heterocycles. The number of rotatable bonds is 6. The van der Waals surface area contributed by atoms with Crippen LogP contribution in [0.5, 0.6) is 5.75 Å². The predicted octanol–water partition coefficient (Wildman–Crippen LogP) is 3.66. The Labute approximate surface area is 182 Å². The van der Waals surface area contributed by atoms with Crippen LogP contribution in [0, 0.1) is 10.1 Å². The van der Waals surface area contributed by atoms with E-state index in [1.165, 1.54) is 25.5 Å². The number of methoxy groups -OCH3 is 1. The molecule has 32 heavy (non-hydrogen) atoms. The van der Waals surface area contributed by atoms with Crippen molar-refractivity contribution < 1.29 is 23.7 Å². The maximum atomic E-state index is 12.9. The van der Waals surface area contributed by atoms with Crippen LogP contribution in [0.25, 0.3) is 11.3 Å². The maximum absolute atomic E-state index is 12.9. The lowest BCUT2D eigenvalue weighted by Crippen LogP contribution is -2.40. The van der Waals surface area contributed by atoms with E-state index in [4.69, 9.17) is 9.15 Å². The fraction of sp³-hybridized carbons (Fsp3) is 0.136. The van der Waals surface area contributed by atoms with Crippen molar-refractivity contribution in [3.63, 3.8) is 0 Å². The third-order valence-corrected chi connectivity index (χ3v) is 5.13. The monoisotopic (exact) mass is 434 g/mol. The highest BCUT2D eigenvalue weighted by Crippen LogP contribution is 2.30. The molecule has 1 saturated heterocycles. The Bertz CT molecular complexity index is 1220. The molecule has 4 rings (SSSR count). The number of ether oxygens (including phenoxy) is 1. The molecule has 0 radical (unpaired) electrons. The summed E-state index contributed by atoms with van der Waals surface area (Å²) in [5.74, 6) is 0.857. The molecule has 0 aliphatic carbocycles. The van der Waals surface area contributed by atoms with Crippen molar-refractivity contribution in [3.8, 4) is 17.1 Å². The Morgan fingerprint density at radius 2 is 1.78 bits per heavy atom. The second-order valence-corrected chi connectivity index (χ2v) is 7.15. The average molecular weight is 434 g/mol. The van der Waals surface area contributed by atoms with Gasteiger partial charge in [-0.05, 0) is 48.9 Å². The Hall–Kier alpha value is -4.47. The average Bonchev–Trinajstić information content (AvgIpc) is 3.35. The number of furan rings is 1. The van der Waals surface area contributed by atoms with Gasteiger partial charge in [0, 0.05) is 17.7 Å². The molecule has 10 nitrogen and oxygen atoms in total. The summed E-state index contributed by atoms with van der Waals surface area (Å²) in [4.78, 5) is 35.6. The van der Waals surface area contributed by atoms with Gasteiger partial charge in [-0.1, -0.05) is 12.1 Å². The molecule has 10 heteroatoms. The summed E-state index contributed by atoms with van der Waals surface area (Å²) in [6.45, 7) is 1.60. The summed E-state index contributed by atoms with van der Waals surface area (Å²) in [5.41, 5.74) is -0.0704. The first-order valence-electron chi connectivity index (χ1n) is 9.52. The van der Waals surface area contributed by atoms with E-state index in [-0.39, 0.29) is 5.69 Å². The number of hydrogen-bond donors (Lipinski definition) is 1. The second-order valence-electron chi connectivity index (χ2n) is 7.15. The van der Waals surface area contributed by atoms with Crippen molar-refractivity contribution in [3.05, 3.63) is 82.1 Å². The second kappa shape index (κ2) is 7.99. The van der Waals surface area contributed by atoms with Gasteiger partial charge in [0.05, 0.1) is 18.2 Å². The van der Waals surface area contributed by atoms with Crippen molar-refractivity contribution in [2.24, 2.45) is 5.10 Å². The Morgan fingerprint density at radius 3 is 2.41 bits per heavy atom. The number of nitrogens with zero attached hydrogens (tertiary/aromatic N) is 3. The SMILES string of the molecule is COc1ccc(C2(C)NC(=O)N(/N=C/c3ccc(-c4ccc([N+](=O)[O-])cc4)o3)C2=O)cc1. The summed E-state index contributed by atoms with van der Waals surface area (Å²) in [5, 5.41) is 18.2. The highest BCUT2D eigenvalue weighted by molar-refractivity contribution is 6.07. The minimum absolute atomic E-state index is 0.0273. The summed E-state index contributed by atoms with van der Waals surface area (Å²) in [6, 6.07) is 15.3. The van der Waals surface area contributed by atoms with Crippen LogP contribution in [-0.2, 0) is 10.3 Å². The van der Waals surface area contributed by atoms with Gasteiger partial charge in [-0.2, -0.15) is 5.10 Å². The molecule has 0 spiro atoms. The first-order chi connectivity index (χ1) is 15.3. The third-order valence-electron chi connectivity index (χ3n) is 5.13. The van der Waals surface area contributed by atoms with Gasteiger partial charge in [-0.15, -0.1) is 5.01 Å². The van der Waals surface area contributed by atoms with Crippen LogP contribution in [0.2, 0.25) is 0 Å². The maximum Gasteiger partial charge on any atom is 0.346 e. The number of carbonyl (C=O) groups excluding carboxylic acids is 2. The van der Waals surface area contributed by atoms with Crippen LogP contribution >= 0.6 is 0 Å². The van der Waals surface area contributed by atoms with E-state index in [0.717, 1.165) is 5.01 Å². The van der Waals surface area contributed by atoms with Crippen molar-refractivity contribution >= 4 is 23.8 Å². The first kappa shape index (κ1) is 20.8. The quantitative estimate of drug-likeness (QED) is 0.273. The van der Waals surface area contributed by atoms with E-state index in [1.807, 2.05) is 0 Å². The van der Waals surface area contributed by atoms with Gasteiger partial charge in [0.2, 0.25) is 0 Å². The minimum Gasteiger partial charge on any atom is -0.497 e. The number of hydrazone groups is 1. The molecular formula is C22H18N4O6. The normalized spacial score (nSPS) is 18.2. The Balaban J connectivity index is 1.51. The van der Waals surface area contributed by atoms with Crippen LogP contribution in [0.1, 0.15) is 18.2 Å². The fourth-order valence-corrected chi connectivity index (χ4v) is 3.29. The van der Waals surface area contributed by atoms with Crippen molar-refractivity contribution in [2.45, 2.75) is 12.5 Å². The van der Waals surface area contributed by atoms with Gasteiger partial charge in [-0.3, -0.25) is 14.9 Å². The lowest BCUT2D eigenvalue weighted by Gasteiger charge is -2.21. The van der Waals surface area contributed by atoms with Crippen LogP contribution in [-0.4, -0.2) is 35.2 Å². The lowest BCUT2D eigenvalue weighted by molar-refractivity contribution is -0.384. The molecule has 1 aromatic heterocycles. The zero-order valence-electron chi connectivity index (χ0n) is 17.1. The standard InChI is InChI=1S/C22H18N4O6/c1-22(15-5-9-17(31-2)10-6-15)20(27)25(21(28)24-22)23-13-18-11-12-19(32-18)14-3-7-16(8-4-14)26(29)30/h3-13H,1-2H3,(H,24,28)/b23-13+. The zero-order valence-corrected chi connectivity index (χ0v) is 17.1. The number of urea groups is 1. The molecule has 3 amide bonds. The van der Waals surface area contributed by atoms with E-state index in [9.17, 15) is 19.7 Å². The largest absolute Gasteiger partial charge is 0.497 e. The summed E-state index contributed by atoms with van der Waals surface area (Å²) in [6.07, 6.45) is 1.26. The van der Waals surface area contributed by atoms with Crippen LogP contribution in [0.4, 0.5) is 10.5 Å². The van der Waals surface area contributed by atoms with Crippen LogP contribution in [0.15, 0.2) is 70.2 Å². The molecular weight excluding hydrogens is 416 g/mol. The van der Waals surface area contributed by atoms with Gasteiger partial charge in [-0.25, -0.2) is 4.79 Å². The third kappa shape index (κ3) is 3.69. The van der Waals surface area contributed by atoms with Gasteiger partial charge in [0.15, 0.2) is 0 Å². The van der Waals surface area contributed by atoms with Crippen molar-refractivity contribution in [1.82, 2.24) is 10.3 Å². The molecule has 1 atom stereocenters. The molecule has 1 aliphatic rings. The van der Waals surface area contributed by atoms with Gasteiger partial charge in [0.1, 0.15) is 22.8 Å². The number of nitro groups is 1. The number of amides is 3.